The second-order valence-corrected chi connectivity index (χ2v) is 6.65. The van der Waals surface area contributed by atoms with Crippen LogP contribution in [0.2, 0.25) is 0 Å². The van der Waals surface area contributed by atoms with Gasteiger partial charge in [-0.05, 0) is 48.9 Å². The third-order valence-electron chi connectivity index (χ3n) is 3.43. The minimum atomic E-state index is 0.326. The molecule has 0 amide bonds. The Balaban J connectivity index is 2.60. The van der Waals surface area contributed by atoms with Crippen LogP contribution in [0, 0.1) is 5.41 Å². The van der Waals surface area contributed by atoms with Crippen molar-refractivity contribution in [3.63, 3.8) is 0 Å². The van der Waals surface area contributed by atoms with Crippen molar-refractivity contribution in [3.05, 3.63) is 29.8 Å². The molecule has 1 atom stereocenters. The van der Waals surface area contributed by atoms with E-state index >= 15 is 0 Å². The molecule has 114 valence electrons. The Hall–Kier alpha value is -1.02. The highest BCUT2D eigenvalue weighted by Crippen LogP contribution is 2.23. The van der Waals surface area contributed by atoms with Crippen molar-refractivity contribution in [3.8, 4) is 5.75 Å². The molecule has 2 nitrogen and oxygen atoms in total. The molecule has 0 aliphatic heterocycles. The van der Waals surface area contributed by atoms with Gasteiger partial charge in [0.25, 0.3) is 0 Å². The van der Waals surface area contributed by atoms with Crippen molar-refractivity contribution in [2.75, 3.05) is 13.2 Å². The number of ether oxygens (including phenoxy) is 1. The van der Waals surface area contributed by atoms with Gasteiger partial charge in [0, 0.05) is 6.04 Å². The van der Waals surface area contributed by atoms with E-state index in [-0.39, 0.29) is 0 Å². The summed E-state index contributed by atoms with van der Waals surface area (Å²) in [6.07, 6.45) is 3.34. The molecule has 0 fully saturated rings. The van der Waals surface area contributed by atoms with Gasteiger partial charge in [-0.3, -0.25) is 0 Å². The van der Waals surface area contributed by atoms with Crippen molar-refractivity contribution in [2.24, 2.45) is 5.41 Å². The molecular formula is C18H31NO. The maximum absolute atomic E-state index is 5.89. The molecule has 1 aromatic carbocycles. The van der Waals surface area contributed by atoms with E-state index in [1.807, 2.05) is 0 Å². The Kier molecular flexibility index (Phi) is 7.08. The summed E-state index contributed by atoms with van der Waals surface area (Å²) in [5.41, 5.74) is 1.65. The van der Waals surface area contributed by atoms with Crippen LogP contribution in [-0.4, -0.2) is 13.2 Å². The van der Waals surface area contributed by atoms with Gasteiger partial charge in [-0.2, -0.15) is 0 Å². The van der Waals surface area contributed by atoms with Gasteiger partial charge in [-0.1, -0.05) is 46.8 Å². The topological polar surface area (TPSA) is 21.3 Å². The van der Waals surface area contributed by atoms with Crippen LogP contribution < -0.4 is 10.1 Å². The summed E-state index contributed by atoms with van der Waals surface area (Å²) < 4.78 is 5.89. The first-order valence-corrected chi connectivity index (χ1v) is 7.92. The lowest BCUT2D eigenvalue weighted by Crippen LogP contribution is -2.21. The molecule has 0 bridgehead atoms. The summed E-state index contributed by atoms with van der Waals surface area (Å²) in [7, 11) is 0. The van der Waals surface area contributed by atoms with E-state index in [0.29, 0.717) is 11.5 Å². The number of hydrogen-bond donors (Lipinski definition) is 1. The molecule has 0 aromatic heterocycles. The highest BCUT2D eigenvalue weighted by Gasteiger charge is 2.11. The summed E-state index contributed by atoms with van der Waals surface area (Å²) in [6.45, 7) is 13.0. The van der Waals surface area contributed by atoms with E-state index in [1.54, 1.807) is 0 Å². The highest BCUT2D eigenvalue weighted by atomic mass is 16.5. The second-order valence-electron chi connectivity index (χ2n) is 6.65. The third-order valence-corrected chi connectivity index (χ3v) is 3.43. The third kappa shape index (κ3) is 6.42. The molecule has 2 heteroatoms. The van der Waals surface area contributed by atoms with Gasteiger partial charge in [0.15, 0.2) is 0 Å². The van der Waals surface area contributed by atoms with E-state index in [4.69, 9.17) is 4.74 Å². The Morgan fingerprint density at radius 2 is 1.95 bits per heavy atom. The molecule has 0 aliphatic rings. The predicted molar refractivity (Wildman–Crippen MR) is 87.3 cm³/mol. The van der Waals surface area contributed by atoms with E-state index in [9.17, 15) is 0 Å². The zero-order valence-electron chi connectivity index (χ0n) is 13.8. The standard InChI is InChI=1S/C18H31NO/c1-6-12-19-17(7-2)15-9-8-10-16(14-15)20-13-11-18(3,4)5/h8-10,14,17,19H,6-7,11-13H2,1-5H3. The quantitative estimate of drug-likeness (QED) is 0.725. The molecule has 0 spiro atoms. The molecule has 0 heterocycles. The average molecular weight is 277 g/mol. The van der Waals surface area contributed by atoms with Crippen LogP contribution in [-0.2, 0) is 0 Å². The lowest BCUT2D eigenvalue weighted by atomic mass is 9.93. The SMILES string of the molecule is CCCNC(CC)c1cccc(OCCC(C)(C)C)c1. The lowest BCUT2D eigenvalue weighted by Gasteiger charge is -2.20. The fraction of sp³-hybridized carbons (Fsp3) is 0.667. The number of nitrogens with one attached hydrogen (secondary N) is 1. The van der Waals surface area contributed by atoms with Crippen molar-refractivity contribution >= 4 is 0 Å². The largest absolute Gasteiger partial charge is 0.494 e. The van der Waals surface area contributed by atoms with Crippen LogP contribution in [0.5, 0.6) is 5.75 Å². The maximum Gasteiger partial charge on any atom is 0.119 e. The average Bonchev–Trinajstić information content (AvgIpc) is 2.39. The van der Waals surface area contributed by atoms with Crippen LogP contribution in [0.3, 0.4) is 0 Å². The van der Waals surface area contributed by atoms with Gasteiger partial charge in [0.2, 0.25) is 0 Å². The summed E-state index contributed by atoms with van der Waals surface area (Å²) in [5.74, 6) is 0.989. The predicted octanol–water partition coefficient (Wildman–Crippen LogP) is 4.95. The number of benzene rings is 1. The van der Waals surface area contributed by atoms with Gasteiger partial charge >= 0.3 is 0 Å². The minimum Gasteiger partial charge on any atom is -0.494 e. The maximum atomic E-state index is 5.89. The van der Waals surface area contributed by atoms with Crippen LogP contribution in [0.4, 0.5) is 0 Å². The fourth-order valence-corrected chi connectivity index (χ4v) is 2.11. The smallest absolute Gasteiger partial charge is 0.119 e. The lowest BCUT2D eigenvalue weighted by molar-refractivity contribution is 0.242. The molecule has 1 aromatic rings. The van der Waals surface area contributed by atoms with Crippen molar-refractivity contribution in [1.29, 1.82) is 0 Å². The van der Waals surface area contributed by atoms with E-state index in [2.05, 4.69) is 64.2 Å². The molecule has 1 unspecified atom stereocenters. The second kappa shape index (κ2) is 8.31. The molecule has 1 N–H and O–H groups in total. The normalized spacial score (nSPS) is 13.2. The van der Waals surface area contributed by atoms with Crippen molar-refractivity contribution in [1.82, 2.24) is 5.32 Å². The summed E-state index contributed by atoms with van der Waals surface area (Å²) in [5, 5.41) is 3.59. The van der Waals surface area contributed by atoms with E-state index in [1.165, 1.54) is 5.56 Å². The Bertz CT molecular complexity index is 381. The van der Waals surface area contributed by atoms with Crippen LogP contribution in [0.1, 0.15) is 65.5 Å². The van der Waals surface area contributed by atoms with Gasteiger partial charge in [0.05, 0.1) is 6.61 Å². The van der Waals surface area contributed by atoms with Crippen molar-refractivity contribution < 1.29 is 4.74 Å². The van der Waals surface area contributed by atoms with E-state index < -0.39 is 0 Å². The van der Waals surface area contributed by atoms with Gasteiger partial charge in [-0.15, -0.1) is 0 Å². The first kappa shape index (κ1) is 17.0. The molecule has 1 rings (SSSR count). The fourth-order valence-electron chi connectivity index (χ4n) is 2.11. The summed E-state index contributed by atoms with van der Waals surface area (Å²) in [6, 6.07) is 8.95. The van der Waals surface area contributed by atoms with Crippen molar-refractivity contribution in [2.45, 2.75) is 59.9 Å². The minimum absolute atomic E-state index is 0.326. The summed E-state index contributed by atoms with van der Waals surface area (Å²) >= 11 is 0. The molecule has 0 saturated heterocycles. The van der Waals surface area contributed by atoms with Crippen LogP contribution >= 0.6 is 0 Å². The molecule has 0 radical (unpaired) electrons. The molecule has 0 saturated carbocycles. The molecule has 20 heavy (non-hydrogen) atoms. The van der Waals surface area contributed by atoms with Gasteiger partial charge in [0.1, 0.15) is 5.75 Å². The molecule has 0 aliphatic carbocycles. The first-order valence-electron chi connectivity index (χ1n) is 7.92. The Morgan fingerprint density at radius 3 is 2.55 bits per heavy atom. The zero-order chi connectivity index (χ0) is 15.0. The number of hydrogen-bond acceptors (Lipinski definition) is 2. The summed E-state index contributed by atoms with van der Waals surface area (Å²) in [4.78, 5) is 0. The van der Waals surface area contributed by atoms with Gasteiger partial charge < -0.3 is 10.1 Å². The Morgan fingerprint density at radius 1 is 1.20 bits per heavy atom. The zero-order valence-corrected chi connectivity index (χ0v) is 13.8. The number of rotatable bonds is 8. The first-order chi connectivity index (χ1) is 9.46. The highest BCUT2D eigenvalue weighted by molar-refractivity contribution is 5.30. The Labute approximate surface area is 124 Å². The van der Waals surface area contributed by atoms with Crippen LogP contribution in [0.25, 0.3) is 0 Å². The van der Waals surface area contributed by atoms with Crippen LogP contribution in [0.15, 0.2) is 24.3 Å². The van der Waals surface area contributed by atoms with E-state index in [0.717, 1.165) is 38.2 Å². The monoisotopic (exact) mass is 277 g/mol. The van der Waals surface area contributed by atoms with Gasteiger partial charge in [-0.25, -0.2) is 0 Å². The molecular weight excluding hydrogens is 246 g/mol.